The number of fused-ring (bicyclic) bond motifs is 1. The van der Waals surface area contributed by atoms with Crippen LogP contribution in [-0.2, 0) is 16.0 Å². The van der Waals surface area contributed by atoms with Crippen LogP contribution in [0.3, 0.4) is 0 Å². The fourth-order valence-corrected chi connectivity index (χ4v) is 1.95. The molecule has 0 aromatic heterocycles. The van der Waals surface area contributed by atoms with Crippen molar-refractivity contribution in [2.75, 3.05) is 0 Å². The zero-order valence-corrected chi connectivity index (χ0v) is 11.3. The number of allylic oxidation sites excluding steroid dienone is 2. The average Bonchev–Trinajstić information content (AvgIpc) is 2.41. The van der Waals surface area contributed by atoms with Crippen LogP contribution in [0, 0.1) is 0 Å². The van der Waals surface area contributed by atoms with E-state index in [1.807, 2.05) is 36.4 Å². The molecule has 0 radical (unpaired) electrons. The lowest BCUT2D eigenvalue weighted by atomic mass is 10.0. The molecule has 0 saturated heterocycles. The van der Waals surface area contributed by atoms with Crippen LogP contribution in [0.4, 0.5) is 13.2 Å². The first kappa shape index (κ1) is 15.1. The van der Waals surface area contributed by atoms with Gasteiger partial charge in [-0.1, -0.05) is 42.5 Å². The van der Waals surface area contributed by atoms with Crippen molar-refractivity contribution < 1.29 is 22.7 Å². The Hall–Kier alpha value is -2.30. The molecule has 0 unspecified atom stereocenters. The van der Waals surface area contributed by atoms with Crippen molar-refractivity contribution in [3.63, 3.8) is 0 Å². The minimum atomic E-state index is -4.68. The maximum absolute atomic E-state index is 12.7. The molecule has 2 aromatic carbocycles. The van der Waals surface area contributed by atoms with E-state index in [1.165, 1.54) is 0 Å². The number of alkyl halides is 3. The van der Waals surface area contributed by atoms with Crippen LogP contribution in [0.15, 0.2) is 54.3 Å². The molecule has 0 saturated carbocycles. The Morgan fingerprint density at radius 2 is 1.81 bits per heavy atom. The van der Waals surface area contributed by atoms with E-state index in [2.05, 4.69) is 4.74 Å². The molecular weight excluding hydrogens is 281 g/mol. The SMILES string of the molecule is CC(=O)OC(=CCc1ccc2ccccc2c1)C(F)(F)F. The molecule has 0 amide bonds. The molecular formula is C16H13F3O2. The second-order valence-corrected chi connectivity index (χ2v) is 4.55. The second-order valence-electron chi connectivity index (χ2n) is 4.55. The van der Waals surface area contributed by atoms with Gasteiger partial charge in [-0.2, -0.15) is 13.2 Å². The van der Waals surface area contributed by atoms with Crippen LogP contribution in [0.2, 0.25) is 0 Å². The van der Waals surface area contributed by atoms with Crippen molar-refractivity contribution in [2.24, 2.45) is 0 Å². The van der Waals surface area contributed by atoms with Crippen molar-refractivity contribution in [1.29, 1.82) is 0 Å². The van der Waals surface area contributed by atoms with Crippen LogP contribution >= 0.6 is 0 Å². The highest BCUT2D eigenvalue weighted by Gasteiger charge is 2.36. The summed E-state index contributed by atoms with van der Waals surface area (Å²) in [6.07, 6.45) is -3.76. The third-order valence-electron chi connectivity index (χ3n) is 2.87. The maximum atomic E-state index is 12.7. The molecule has 0 atom stereocenters. The topological polar surface area (TPSA) is 26.3 Å². The molecule has 0 bridgehead atoms. The molecule has 0 spiro atoms. The third-order valence-corrected chi connectivity index (χ3v) is 2.87. The minimum Gasteiger partial charge on any atom is -0.422 e. The predicted molar refractivity (Wildman–Crippen MR) is 73.6 cm³/mol. The van der Waals surface area contributed by atoms with Gasteiger partial charge < -0.3 is 4.74 Å². The van der Waals surface area contributed by atoms with Crippen molar-refractivity contribution in [3.8, 4) is 0 Å². The number of halogens is 3. The lowest BCUT2D eigenvalue weighted by Gasteiger charge is -2.10. The van der Waals surface area contributed by atoms with Crippen molar-refractivity contribution in [3.05, 3.63) is 59.9 Å². The van der Waals surface area contributed by atoms with E-state index in [0.717, 1.165) is 23.8 Å². The summed E-state index contributed by atoms with van der Waals surface area (Å²) in [5.74, 6) is -2.26. The van der Waals surface area contributed by atoms with E-state index in [-0.39, 0.29) is 6.42 Å². The van der Waals surface area contributed by atoms with Gasteiger partial charge in [0.2, 0.25) is 5.76 Å². The molecule has 2 aromatic rings. The first-order valence-corrected chi connectivity index (χ1v) is 6.30. The molecule has 0 aliphatic rings. The monoisotopic (exact) mass is 294 g/mol. The van der Waals surface area contributed by atoms with Crippen molar-refractivity contribution in [2.45, 2.75) is 19.5 Å². The van der Waals surface area contributed by atoms with Crippen LogP contribution in [0.5, 0.6) is 0 Å². The maximum Gasteiger partial charge on any atom is 0.449 e. The highest BCUT2D eigenvalue weighted by molar-refractivity contribution is 5.83. The highest BCUT2D eigenvalue weighted by Crippen LogP contribution is 2.27. The van der Waals surface area contributed by atoms with Gasteiger partial charge in [-0.05, 0) is 28.8 Å². The fraction of sp³-hybridized carbons (Fsp3) is 0.188. The van der Waals surface area contributed by atoms with E-state index < -0.39 is 17.9 Å². The molecule has 110 valence electrons. The highest BCUT2D eigenvalue weighted by atomic mass is 19.4. The summed E-state index contributed by atoms with van der Waals surface area (Å²) in [6, 6.07) is 13.0. The number of carbonyl (C=O) groups is 1. The molecule has 21 heavy (non-hydrogen) atoms. The zero-order chi connectivity index (χ0) is 15.5. The van der Waals surface area contributed by atoms with Gasteiger partial charge in [0.25, 0.3) is 0 Å². The second kappa shape index (κ2) is 5.99. The van der Waals surface area contributed by atoms with Crippen molar-refractivity contribution in [1.82, 2.24) is 0 Å². The quantitative estimate of drug-likeness (QED) is 0.620. The van der Waals surface area contributed by atoms with Gasteiger partial charge in [-0.15, -0.1) is 0 Å². The van der Waals surface area contributed by atoms with E-state index in [9.17, 15) is 18.0 Å². The molecule has 5 heteroatoms. The van der Waals surface area contributed by atoms with Gasteiger partial charge in [-0.25, -0.2) is 0 Å². The molecule has 0 aliphatic heterocycles. The Kier molecular flexibility index (Phi) is 4.31. The Morgan fingerprint density at radius 3 is 2.43 bits per heavy atom. The minimum absolute atomic E-state index is 0.0347. The summed E-state index contributed by atoms with van der Waals surface area (Å²) in [5.41, 5.74) is 0.711. The standard InChI is InChI=1S/C16H13F3O2/c1-11(20)21-15(16(17,18)19)9-7-12-6-8-13-4-2-3-5-14(13)10-12/h2-6,8-10H,7H2,1H3. The summed E-state index contributed by atoms with van der Waals surface area (Å²) in [7, 11) is 0. The molecule has 0 fully saturated rings. The van der Waals surface area contributed by atoms with Gasteiger partial charge in [0.05, 0.1) is 0 Å². The van der Waals surface area contributed by atoms with Crippen molar-refractivity contribution >= 4 is 16.7 Å². The number of ether oxygens (including phenoxy) is 1. The number of esters is 1. The molecule has 2 nitrogen and oxygen atoms in total. The van der Waals surface area contributed by atoms with Gasteiger partial charge in [-0.3, -0.25) is 4.79 Å². The van der Waals surface area contributed by atoms with Gasteiger partial charge in [0.15, 0.2) is 0 Å². The normalized spacial score (nSPS) is 12.5. The Balaban J connectivity index is 2.24. The molecule has 0 N–H and O–H groups in total. The Labute approximate surface area is 119 Å². The molecule has 2 rings (SSSR count). The lowest BCUT2D eigenvalue weighted by molar-refractivity contribution is -0.158. The summed E-state index contributed by atoms with van der Waals surface area (Å²) >= 11 is 0. The zero-order valence-electron chi connectivity index (χ0n) is 11.3. The predicted octanol–water partition coefficient (Wildman–Crippen LogP) is 4.39. The number of hydrogen-bond acceptors (Lipinski definition) is 2. The largest absolute Gasteiger partial charge is 0.449 e. The number of carbonyl (C=O) groups excluding carboxylic acids is 1. The fourth-order valence-electron chi connectivity index (χ4n) is 1.95. The van der Waals surface area contributed by atoms with E-state index in [1.54, 1.807) is 6.07 Å². The van der Waals surface area contributed by atoms with E-state index in [4.69, 9.17) is 0 Å². The Bertz CT molecular complexity index is 687. The lowest BCUT2D eigenvalue weighted by Crippen LogP contribution is -2.17. The van der Waals surface area contributed by atoms with Gasteiger partial charge in [0.1, 0.15) is 0 Å². The van der Waals surface area contributed by atoms with E-state index >= 15 is 0 Å². The number of rotatable bonds is 3. The summed E-state index contributed by atoms with van der Waals surface area (Å²) in [5, 5.41) is 1.96. The summed E-state index contributed by atoms with van der Waals surface area (Å²) < 4.78 is 42.3. The van der Waals surface area contributed by atoms with Gasteiger partial charge >= 0.3 is 12.1 Å². The molecule has 0 heterocycles. The van der Waals surface area contributed by atoms with Crippen LogP contribution in [0.25, 0.3) is 10.8 Å². The number of hydrogen-bond donors (Lipinski definition) is 0. The van der Waals surface area contributed by atoms with E-state index in [0.29, 0.717) is 5.56 Å². The smallest absolute Gasteiger partial charge is 0.422 e. The summed E-state index contributed by atoms with van der Waals surface area (Å²) in [6.45, 7) is 0.940. The Morgan fingerprint density at radius 1 is 1.14 bits per heavy atom. The molecule has 0 aliphatic carbocycles. The number of benzene rings is 2. The van der Waals surface area contributed by atoms with Crippen LogP contribution in [0.1, 0.15) is 12.5 Å². The van der Waals surface area contributed by atoms with Crippen LogP contribution < -0.4 is 0 Å². The van der Waals surface area contributed by atoms with Gasteiger partial charge in [0, 0.05) is 6.92 Å². The summed E-state index contributed by atoms with van der Waals surface area (Å²) in [4.78, 5) is 10.7. The first-order valence-electron chi connectivity index (χ1n) is 6.30. The first-order chi connectivity index (χ1) is 9.86. The average molecular weight is 294 g/mol. The third kappa shape index (κ3) is 4.08. The van der Waals surface area contributed by atoms with Crippen LogP contribution in [-0.4, -0.2) is 12.1 Å².